The fraction of sp³-hybridized carbons (Fsp3) is 0.500. The van der Waals surface area contributed by atoms with E-state index in [0.29, 0.717) is 0 Å². The van der Waals surface area contributed by atoms with Gasteiger partial charge in [-0.05, 0) is 0 Å². The molecule has 0 aliphatic rings. The Kier molecular flexibility index (Phi) is 7.52. The third-order valence-electron chi connectivity index (χ3n) is 1.94. The quantitative estimate of drug-likeness (QED) is 0.437. The molecule has 112 valence electrons. The van der Waals surface area contributed by atoms with E-state index in [2.05, 4.69) is 5.10 Å². The molecule has 0 fully saturated rings. The molecular formula is C10H16N4O6. The number of methoxy groups -OCH3 is 1. The van der Waals surface area contributed by atoms with E-state index in [9.17, 15) is 19.7 Å². The van der Waals surface area contributed by atoms with Crippen LogP contribution in [0.15, 0.2) is 6.20 Å². The Balaban J connectivity index is 0.000000621. The standard InChI is InChI=1S/C7H9N3O5.C3H7NO/c1-15-3-2-9-6(7(11)12)5(4-8-9)10(13)14;1-4(2)3-5/h4H,2-3H2,1H3,(H,11,12);3H,1-2H3. The smallest absolute Gasteiger partial charge is 0.361 e. The first-order valence-electron chi connectivity index (χ1n) is 5.39. The summed E-state index contributed by atoms with van der Waals surface area (Å²) >= 11 is 0. The minimum atomic E-state index is -1.38. The van der Waals surface area contributed by atoms with Gasteiger partial charge in [0.25, 0.3) is 0 Å². The SMILES string of the molecule is CN(C)C=O.COCCn1ncc([N+](=O)[O-])c1C(=O)O. The maximum absolute atomic E-state index is 10.8. The van der Waals surface area contributed by atoms with Crippen LogP contribution in [0, 0.1) is 10.1 Å². The maximum atomic E-state index is 10.8. The Labute approximate surface area is 114 Å². The molecule has 0 radical (unpaired) electrons. The second-order valence-electron chi connectivity index (χ2n) is 3.73. The second kappa shape index (κ2) is 8.58. The van der Waals surface area contributed by atoms with Crippen molar-refractivity contribution in [3.05, 3.63) is 22.0 Å². The third-order valence-corrected chi connectivity index (χ3v) is 1.94. The van der Waals surface area contributed by atoms with E-state index in [1.54, 1.807) is 14.1 Å². The fourth-order valence-electron chi connectivity index (χ4n) is 1.08. The Morgan fingerprint density at radius 1 is 1.65 bits per heavy atom. The molecule has 0 aliphatic heterocycles. The first-order chi connectivity index (χ1) is 9.34. The molecule has 0 bridgehead atoms. The highest BCUT2D eigenvalue weighted by atomic mass is 16.6. The lowest BCUT2D eigenvalue weighted by Crippen LogP contribution is -2.14. The number of nitrogens with zero attached hydrogens (tertiary/aromatic N) is 4. The lowest BCUT2D eigenvalue weighted by molar-refractivity contribution is -0.385. The van der Waals surface area contributed by atoms with Crippen LogP contribution in [-0.4, -0.2) is 64.9 Å². The predicted octanol–water partition coefficient (Wildman–Crippen LogP) is -0.160. The summed E-state index contributed by atoms with van der Waals surface area (Å²) in [6.45, 7) is 0.394. The second-order valence-corrected chi connectivity index (χ2v) is 3.73. The van der Waals surface area contributed by atoms with Crippen LogP contribution in [0.3, 0.4) is 0 Å². The number of carbonyl (C=O) groups is 2. The van der Waals surface area contributed by atoms with Crippen molar-refractivity contribution in [1.82, 2.24) is 14.7 Å². The highest BCUT2D eigenvalue weighted by Crippen LogP contribution is 2.17. The van der Waals surface area contributed by atoms with Gasteiger partial charge in [0.2, 0.25) is 12.1 Å². The van der Waals surface area contributed by atoms with E-state index >= 15 is 0 Å². The highest BCUT2D eigenvalue weighted by Gasteiger charge is 2.26. The molecule has 1 rings (SSSR count). The normalized spacial score (nSPS) is 9.35. The van der Waals surface area contributed by atoms with E-state index in [4.69, 9.17) is 9.84 Å². The average Bonchev–Trinajstić information content (AvgIpc) is 2.81. The first kappa shape index (κ1) is 17.5. The van der Waals surface area contributed by atoms with Gasteiger partial charge < -0.3 is 14.7 Å². The van der Waals surface area contributed by atoms with E-state index < -0.39 is 22.3 Å². The van der Waals surface area contributed by atoms with Crippen LogP contribution in [-0.2, 0) is 16.1 Å². The number of ether oxygens (including phenoxy) is 1. The van der Waals surface area contributed by atoms with Gasteiger partial charge in [-0.3, -0.25) is 14.9 Å². The Morgan fingerprint density at radius 2 is 2.20 bits per heavy atom. The van der Waals surface area contributed by atoms with Crippen molar-refractivity contribution in [2.75, 3.05) is 27.8 Å². The molecule has 1 aromatic heterocycles. The molecule has 1 amide bonds. The predicted molar refractivity (Wildman–Crippen MR) is 67.5 cm³/mol. The monoisotopic (exact) mass is 288 g/mol. The van der Waals surface area contributed by atoms with E-state index in [1.165, 1.54) is 12.0 Å². The molecule has 0 aliphatic carbocycles. The molecule has 20 heavy (non-hydrogen) atoms. The number of rotatable bonds is 6. The van der Waals surface area contributed by atoms with Crippen molar-refractivity contribution in [3.63, 3.8) is 0 Å². The van der Waals surface area contributed by atoms with Gasteiger partial charge >= 0.3 is 11.7 Å². The zero-order valence-corrected chi connectivity index (χ0v) is 11.3. The van der Waals surface area contributed by atoms with Crippen LogP contribution in [0.1, 0.15) is 10.5 Å². The van der Waals surface area contributed by atoms with Crippen molar-refractivity contribution in [2.45, 2.75) is 6.54 Å². The fourth-order valence-corrected chi connectivity index (χ4v) is 1.08. The van der Waals surface area contributed by atoms with Gasteiger partial charge in [0.15, 0.2) is 0 Å². The first-order valence-corrected chi connectivity index (χ1v) is 5.39. The number of hydrogen-bond acceptors (Lipinski definition) is 6. The van der Waals surface area contributed by atoms with E-state index in [-0.39, 0.29) is 13.2 Å². The summed E-state index contributed by atoms with van der Waals surface area (Å²) in [5, 5.41) is 22.9. The summed E-state index contributed by atoms with van der Waals surface area (Å²) < 4.78 is 5.76. The van der Waals surface area contributed by atoms with E-state index in [0.717, 1.165) is 17.3 Å². The number of aromatic carboxylic acids is 1. The molecule has 10 nitrogen and oxygen atoms in total. The number of aromatic nitrogens is 2. The highest BCUT2D eigenvalue weighted by molar-refractivity contribution is 5.90. The Morgan fingerprint density at radius 3 is 2.55 bits per heavy atom. The largest absolute Gasteiger partial charge is 0.476 e. The van der Waals surface area contributed by atoms with Crippen LogP contribution in [0.25, 0.3) is 0 Å². The minimum absolute atomic E-state index is 0.159. The van der Waals surface area contributed by atoms with Gasteiger partial charge in [0, 0.05) is 21.2 Å². The third kappa shape index (κ3) is 5.44. The Hall–Kier alpha value is -2.49. The molecule has 1 N–H and O–H groups in total. The van der Waals surface area contributed by atoms with Gasteiger partial charge in [-0.15, -0.1) is 0 Å². The molecule has 0 spiro atoms. The summed E-state index contributed by atoms with van der Waals surface area (Å²) in [4.78, 5) is 31.3. The van der Waals surface area contributed by atoms with Crippen LogP contribution in [0.4, 0.5) is 5.69 Å². The molecule has 1 heterocycles. The van der Waals surface area contributed by atoms with Crippen molar-refractivity contribution in [1.29, 1.82) is 0 Å². The van der Waals surface area contributed by atoms with Crippen LogP contribution in [0.5, 0.6) is 0 Å². The van der Waals surface area contributed by atoms with Gasteiger partial charge in [0.05, 0.1) is 18.1 Å². The van der Waals surface area contributed by atoms with Crippen LogP contribution >= 0.6 is 0 Å². The summed E-state index contributed by atoms with van der Waals surface area (Å²) in [6, 6.07) is 0. The maximum Gasteiger partial charge on any atom is 0.361 e. The number of amides is 1. The van der Waals surface area contributed by atoms with Crippen molar-refractivity contribution in [3.8, 4) is 0 Å². The van der Waals surface area contributed by atoms with Crippen LogP contribution < -0.4 is 0 Å². The molecule has 0 aromatic carbocycles. The molecule has 0 saturated carbocycles. The zero-order valence-electron chi connectivity index (χ0n) is 11.3. The molecule has 0 saturated heterocycles. The zero-order chi connectivity index (χ0) is 15.7. The lowest BCUT2D eigenvalue weighted by atomic mass is 10.4. The van der Waals surface area contributed by atoms with Gasteiger partial charge in [-0.25, -0.2) is 9.48 Å². The van der Waals surface area contributed by atoms with Crippen molar-refractivity contribution in [2.24, 2.45) is 0 Å². The number of carboxylic acid groups (broad SMARTS) is 1. The number of carboxylic acids is 1. The number of carbonyl (C=O) groups excluding carboxylic acids is 1. The average molecular weight is 288 g/mol. The number of hydrogen-bond donors (Lipinski definition) is 1. The van der Waals surface area contributed by atoms with Crippen molar-refractivity contribution < 1.29 is 24.4 Å². The summed E-state index contributed by atoms with van der Waals surface area (Å²) in [5.41, 5.74) is -0.948. The van der Waals surface area contributed by atoms with E-state index in [1.807, 2.05) is 0 Å². The van der Waals surface area contributed by atoms with Gasteiger partial charge in [-0.1, -0.05) is 0 Å². The molecule has 1 aromatic rings. The minimum Gasteiger partial charge on any atom is -0.476 e. The number of nitro groups is 1. The molecular weight excluding hydrogens is 272 g/mol. The van der Waals surface area contributed by atoms with Crippen molar-refractivity contribution >= 4 is 18.1 Å². The van der Waals surface area contributed by atoms with Gasteiger partial charge in [-0.2, -0.15) is 5.10 Å². The summed E-state index contributed by atoms with van der Waals surface area (Å²) in [5.74, 6) is -1.38. The van der Waals surface area contributed by atoms with Gasteiger partial charge in [0.1, 0.15) is 6.20 Å². The molecule has 10 heteroatoms. The lowest BCUT2D eigenvalue weighted by Gasteiger charge is -2.01. The summed E-state index contributed by atoms with van der Waals surface area (Å²) in [7, 11) is 4.82. The Bertz CT molecular complexity index is 470. The molecule has 0 atom stereocenters. The van der Waals surface area contributed by atoms with Crippen LogP contribution in [0.2, 0.25) is 0 Å². The summed E-state index contributed by atoms with van der Waals surface area (Å²) in [6.07, 6.45) is 1.67. The topological polar surface area (TPSA) is 128 Å². The molecule has 0 unspecified atom stereocenters.